The second kappa shape index (κ2) is 7.32. The van der Waals surface area contributed by atoms with Crippen molar-refractivity contribution in [1.82, 2.24) is 4.90 Å². The summed E-state index contributed by atoms with van der Waals surface area (Å²) in [6.45, 7) is 5.87. The molecule has 0 aromatic heterocycles. The normalized spacial score (nSPS) is 18.9. The van der Waals surface area contributed by atoms with Crippen molar-refractivity contribution in [2.45, 2.75) is 52.0 Å². The topological polar surface area (TPSA) is 29.5 Å². The van der Waals surface area contributed by atoms with Crippen LogP contribution in [0.5, 0.6) is 5.75 Å². The minimum atomic E-state index is 0.137. The number of piperidine rings is 1. The van der Waals surface area contributed by atoms with Crippen LogP contribution in [0.2, 0.25) is 0 Å². The van der Waals surface area contributed by atoms with Crippen molar-refractivity contribution in [3.63, 3.8) is 0 Å². The molecule has 20 heavy (non-hydrogen) atoms. The van der Waals surface area contributed by atoms with Crippen LogP contribution in [0.1, 0.15) is 56.3 Å². The zero-order chi connectivity index (χ0) is 14.4. The van der Waals surface area contributed by atoms with Gasteiger partial charge in [-0.05, 0) is 50.8 Å². The summed E-state index contributed by atoms with van der Waals surface area (Å²) in [6, 6.07) is 7.94. The quantitative estimate of drug-likeness (QED) is 0.763. The molecule has 0 bridgehead atoms. The van der Waals surface area contributed by atoms with Gasteiger partial charge in [0.05, 0.1) is 6.61 Å². The lowest BCUT2D eigenvalue weighted by molar-refractivity contribution is 0.0635. The van der Waals surface area contributed by atoms with E-state index in [0.29, 0.717) is 12.6 Å². The summed E-state index contributed by atoms with van der Waals surface area (Å²) in [5.74, 6) is 0.937. The van der Waals surface area contributed by atoms with E-state index in [4.69, 9.17) is 4.74 Å². The number of carbonyl (C=O) groups is 1. The Balaban J connectivity index is 2.03. The van der Waals surface area contributed by atoms with Crippen molar-refractivity contribution < 1.29 is 9.53 Å². The number of benzene rings is 1. The average Bonchev–Trinajstić information content (AvgIpc) is 2.48. The summed E-state index contributed by atoms with van der Waals surface area (Å²) in [5.41, 5.74) is 0.743. The first kappa shape index (κ1) is 14.9. The lowest BCUT2D eigenvalue weighted by Gasteiger charge is -2.33. The predicted octanol–water partition coefficient (Wildman–Crippen LogP) is 3.88. The van der Waals surface area contributed by atoms with Crippen LogP contribution in [0, 0.1) is 0 Å². The molecule has 0 unspecified atom stereocenters. The van der Waals surface area contributed by atoms with Crippen molar-refractivity contribution in [3.05, 3.63) is 29.8 Å². The molecule has 110 valence electrons. The maximum absolute atomic E-state index is 12.6. The number of likely N-dealkylation sites (tertiary alicyclic amines) is 1. The highest BCUT2D eigenvalue weighted by Gasteiger charge is 2.24. The van der Waals surface area contributed by atoms with Crippen LogP contribution in [0.3, 0.4) is 0 Å². The highest BCUT2D eigenvalue weighted by molar-refractivity contribution is 5.94. The highest BCUT2D eigenvalue weighted by atomic mass is 16.5. The minimum Gasteiger partial charge on any atom is -0.494 e. The third kappa shape index (κ3) is 3.75. The standard InChI is InChI=1S/C17H25NO2/c1-3-4-12-20-16-10-7-9-15(13-16)17(19)18-11-6-5-8-14(18)2/h7,9-10,13-14H,3-6,8,11-12H2,1-2H3/t14-/m1/s1. The average molecular weight is 275 g/mol. The van der Waals surface area contributed by atoms with Gasteiger partial charge in [-0.25, -0.2) is 0 Å². The Morgan fingerprint density at radius 2 is 2.25 bits per heavy atom. The van der Waals surface area contributed by atoms with E-state index >= 15 is 0 Å². The molecule has 0 saturated carbocycles. The Labute approximate surface area is 121 Å². The zero-order valence-electron chi connectivity index (χ0n) is 12.6. The number of amides is 1. The van der Waals surface area contributed by atoms with Gasteiger partial charge < -0.3 is 9.64 Å². The van der Waals surface area contributed by atoms with Crippen LogP contribution in [0.25, 0.3) is 0 Å². The lowest BCUT2D eigenvalue weighted by Crippen LogP contribution is -2.42. The number of hydrogen-bond donors (Lipinski definition) is 0. The predicted molar refractivity (Wildman–Crippen MR) is 81.2 cm³/mol. The summed E-state index contributed by atoms with van der Waals surface area (Å²) >= 11 is 0. The molecule has 1 amide bonds. The van der Waals surface area contributed by atoms with Gasteiger partial charge in [-0.15, -0.1) is 0 Å². The zero-order valence-corrected chi connectivity index (χ0v) is 12.6. The molecule has 1 atom stereocenters. The van der Waals surface area contributed by atoms with Gasteiger partial charge in [0.1, 0.15) is 5.75 Å². The monoisotopic (exact) mass is 275 g/mol. The molecule has 1 fully saturated rings. The molecular weight excluding hydrogens is 250 g/mol. The summed E-state index contributed by atoms with van der Waals surface area (Å²) in [4.78, 5) is 14.6. The number of ether oxygens (including phenoxy) is 1. The van der Waals surface area contributed by atoms with E-state index in [1.807, 2.05) is 29.2 Å². The molecule has 0 aliphatic carbocycles. The van der Waals surface area contributed by atoms with E-state index < -0.39 is 0 Å². The third-order valence-corrected chi connectivity index (χ3v) is 3.91. The molecule has 2 rings (SSSR count). The van der Waals surface area contributed by atoms with Gasteiger partial charge in [0.25, 0.3) is 5.91 Å². The Morgan fingerprint density at radius 1 is 1.40 bits per heavy atom. The molecule has 1 aromatic carbocycles. The molecule has 1 aromatic rings. The fourth-order valence-electron chi connectivity index (χ4n) is 2.62. The van der Waals surface area contributed by atoms with E-state index in [2.05, 4.69) is 13.8 Å². The molecule has 0 spiro atoms. The smallest absolute Gasteiger partial charge is 0.254 e. The molecule has 1 saturated heterocycles. The summed E-state index contributed by atoms with van der Waals surface area (Å²) in [5, 5.41) is 0. The van der Waals surface area contributed by atoms with Crippen LogP contribution < -0.4 is 4.74 Å². The van der Waals surface area contributed by atoms with Gasteiger partial charge in [-0.3, -0.25) is 4.79 Å². The lowest BCUT2D eigenvalue weighted by atomic mass is 10.0. The molecule has 1 aliphatic heterocycles. The number of hydrogen-bond acceptors (Lipinski definition) is 2. The Bertz CT molecular complexity index is 444. The molecule has 3 nitrogen and oxygen atoms in total. The molecular formula is C17H25NO2. The number of rotatable bonds is 5. The maximum Gasteiger partial charge on any atom is 0.254 e. The Morgan fingerprint density at radius 3 is 3.00 bits per heavy atom. The van der Waals surface area contributed by atoms with Gasteiger partial charge in [-0.2, -0.15) is 0 Å². The third-order valence-electron chi connectivity index (χ3n) is 3.91. The molecule has 1 heterocycles. The van der Waals surface area contributed by atoms with Crippen molar-refractivity contribution in [2.75, 3.05) is 13.2 Å². The number of nitrogens with zero attached hydrogens (tertiary/aromatic N) is 1. The summed E-state index contributed by atoms with van der Waals surface area (Å²) < 4.78 is 5.68. The van der Waals surface area contributed by atoms with Gasteiger partial charge in [0, 0.05) is 18.2 Å². The minimum absolute atomic E-state index is 0.137. The molecule has 0 radical (unpaired) electrons. The van der Waals surface area contributed by atoms with E-state index in [1.165, 1.54) is 6.42 Å². The van der Waals surface area contributed by atoms with Crippen molar-refractivity contribution in [2.24, 2.45) is 0 Å². The first-order chi connectivity index (χ1) is 9.72. The number of unbranched alkanes of at least 4 members (excludes halogenated alkanes) is 1. The van der Waals surface area contributed by atoms with E-state index in [0.717, 1.165) is 43.5 Å². The fourth-order valence-corrected chi connectivity index (χ4v) is 2.62. The maximum atomic E-state index is 12.6. The molecule has 1 aliphatic rings. The number of carbonyl (C=O) groups excluding carboxylic acids is 1. The highest BCUT2D eigenvalue weighted by Crippen LogP contribution is 2.21. The second-order valence-electron chi connectivity index (χ2n) is 5.57. The van der Waals surface area contributed by atoms with E-state index in [9.17, 15) is 4.79 Å². The van der Waals surface area contributed by atoms with Crippen LogP contribution in [0.15, 0.2) is 24.3 Å². The fraction of sp³-hybridized carbons (Fsp3) is 0.588. The van der Waals surface area contributed by atoms with Crippen LogP contribution in [0.4, 0.5) is 0 Å². The molecule has 0 N–H and O–H groups in total. The van der Waals surface area contributed by atoms with Gasteiger partial charge >= 0.3 is 0 Å². The second-order valence-corrected chi connectivity index (χ2v) is 5.57. The first-order valence-corrected chi connectivity index (χ1v) is 7.76. The first-order valence-electron chi connectivity index (χ1n) is 7.76. The molecule has 3 heteroatoms. The van der Waals surface area contributed by atoms with E-state index in [1.54, 1.807) is 0 Å². The van der Waals surface area contributed by atoms with Crippen molar-refractivity contribution in [1.29, 1.82) is 0 Å². The summed E-state index contributed by atoms with van der Waals surface area (Å²) in [7, 11) is 0. The SMILES string of the molecule is CCCCOc1cccc(C(=O)N2CCCC[C@H]2C)c1. The van der Waals surface area contributed by atoms with Gasteiger partial charge in [0.2, 0.25) is 0 Å². The van der Waals surface area contributed by atoms with E-state index in [-0.39, 0.29) is 5.91 Å². The van der Waals surface area contributed by atoms with Gasteiger partial charge in [-0.1, -0.05) is 19.4 Å². The van der Waals surface area contributed by atoms with Gasteiger partial charge in [0.15, 0.2) is 0 Å². The van der Waals surface area contributed by atoms with Crippen molar-refractivity contribution >= 4 is 5.91 Å². The van der Waals surface area contributed by atoms with Crippen LogP contribution in [-0.2, 0) is 0 Å². The van der Waals surface area contributed by atoms with Crippen molar-refractivity contribution in [3.8, 4) is 5.75 Å². The summed E-state index contributed by atoms with van der Waals surface area (Å²) in [6.07, 6.45) is 5.61. The van der Waals surface area contributed by atoms with Crippen LogP contribution in [-0.4, -0.2) is 30.0 Å². The van der Waals surface area contributed by atoms with Crippen LogP contribution >= 0.6 is 0 Å². The largest absolute Gasteiger partial charge is 0.494 e. The Hall–Kier alpha value is -1.51. The Kier molecular flexibility index (Phi) is 5.45.